The van der Waals surface area contributed by atoms with E-state index in [1.54, 1.807) is 0 Å². The van der Waals surface area contributed by atoms with Gasteiger partial charge in [-0.1, -0.05) is 42.4 Å². The molecule has 2 heteroatoms. The molecule has 1 nitrogen and oxygen atoms in total. The second-order valence-corrected chi connectivity index (χ2v) is 4.70. The van der Waals surface area contributed by atoms with Crippen LogP contribution in [0.2, 0.25) is 5.02 Å². The van der Waals surface area contributed by atoms with Crippen LogP contribution in [0.15, 0.2) is 43.0 Å². The number of para-hydroxylation sites is 1. The van der Waals surface area contributed by atoms with Gasteiger partial charge in [-0.2, -0.15) is 0 Å². The van der Waals surface area contributed by atoms with Gasteiger partial charge in [-0.05, 0) is 24.6 Å². The number of nitrogens with one attached hydrogen (secondary N) is 1. The molecule has 0 bridgehead atoms. The van der Waals surface area contributed by atoms with Crippen LogP contribution in [0.25, 0.3) is 27.4 Å². The molecule has 2 aromatic carbocycles. The van der Waals surface area contributed by atoms with Crippen molar-refractivity contribution in [1.82, 2.24) is 4.98 Å². The fourth-order valence-electron chi connectivity index (χ4n) is 2.29. The first-order valence-electron chi connectivity index (χ1n) is 5.53. The van der Waals surface area contributed by atoms with Gasteiger partial charge in [-0.3, -0.25) is 0 Å². The molecule has 17 heavy (non-hydrogen) atoms. The highest BCUT2D eigenvalue weighted by atomic mass is 35.5. The number of H-pyrrole nitrogens is 1. The lowest BCUT2D eigenvalue weighted by Gasteiger charge is -2.01. The number of fused-ring (bicyclic) bond motifs is 3. The Balaban J connectivity index is 2.56. The van der Waals surface area contributed by atoms with Gasteiger partial charge in [0, 0.05) is 21.9 Å². The second kappa shape index (κ2) is 3.64. The van der Waals surface area contributed by atoms with Crippen LogP contribution in [0.5, 0.6) is 0 Å². The number of aromatic amines is 1. The van der Waals surface area contributed by atoms with Gasteiger partial charge < -0.3 is 4.98 Å². The van der Waals surface area contributed by atoms with Crippen LogP contribution in [0.1, 0.15) is 12.5 Å². The number of allylic oxidation sites excluding steroid dienone is 1. The topological polar surface area (TPSA) is 15.8 Å². The van der Waals surface area contributed by atoms with E-state index in [0.29, 0.717) is 0 Å². The van der Waals surface area contributed by atoms with Crippen molar-refractivity contribution < 1.29 is 0 Å². The molecule has 0 atom stereocenters. The Bertz CT molecular complexity index is 737. The molecule has 1 aromatic heterocycles. The van der Waals surface area contributed by atoms with Gasteiger partial charge in [0.2, 0.25) is 0 Å². The predicted octanol–water partition coefficient (Wildman–Crippen LogP) is 5.01. The SMILES string of the molecule is C=C(C)c1cccc2c1[nH]c1cccc(Cl)c12. The molecule has 0 aliphatic heterocycles. The van der Waals surface area contributed by atoms with E-state index in [0.717, 1.165) is 38.0 Å². The first-order valence-corrected chi connectivity index (χ1v) is 5.91. The summed E-state index contributed by atoms with van der Waals surface area (Å²) in [6, 6.07) is 12.1. The number of rotatable bonds is 1. The Morgan fingerprint density at radius 3 is 2.71 bits per heavy atom. The van der Waals surface area contributed by atoms with Crippen LogP contribution in [0.4, 0.5) is 0 Å². The van der Waals surface area contributed by atoms with Crippen molar-refractivity contribution in [3.05, 3.63) is 53.6 Å². The van der Waals surface area contributed by atoms with Crippen LogP contribution in [-0.4, -0.2) is 4.98 Å². The van der Waals surface area contributed by atoms with Gasteiger partial charge in [0.25, 0.3) is 0 Å². The van der Waals surface area contributed by atoms with E-state index in [4.69, 9.17) is 11.6 Å². The summed E-state index contributed by atoms with van der Waals surface area (Å²) in [4.78, 5) is 3.42. The molecular formula is C15H12ClN. The van der Waals surface area contributed by atoms with Crippen molar-refractivity contribution in [3.63, 3.8) is 0 Å². The summed E-state index contributed by atoms with van der Waals surface area (Å²) < 4.78 is 0. The molecule has 84 valence electrons. The summed E-state index contributed by atoms with van der Waals surface area (Å²) in [5, 5.41) is 3.03. The Labute approximate surface area is 105 Å². The van der Waals surface area contributed by atoms with Crippen LogP contribution < -0.4 is 0 Å². The summed E-state index contributed by atoms with van der Waals surface area (Å²) in [7, 11) is 0. The first-order chi connectivity index (χ1) is 8.18. The lowest BCUT2D eigenvalue weighted by atomic mass is 10.0. The quantitative estimate of drug-likeness (QED) is 0.617. The van der Waals surface area contributed by atoms with Crippen LogP contribution >= 0.6 is 11.6 Å². The van der Waals surface area contributed by atoms with E-state index >= 15 is 0 Å². The monoisotopic (exact) mass is 241 g/mol. The molecule has 0 saturated heterocycles. The zero-order chi connectivity index (χ0) is 12.0. The highest BCUT2D eigenvalue weighted by Crippen LogP contribution is 2.34. The van der Waals surface area contributed by atoms with Gasteiger partial charge >= 0.3 is 0 Å². The molecule has 0 aliphatic rings. The molecule has 0 fully saturated rings. The summed E-state index contributed by atoms with van der Waals surface area (Å²) >= 11 is 6.27. The molecular weight excluding hydrogens is 230 g/mol. The van der Waals surface area contributed by atoms with Gasteiger partial charge in [0.1, 0.15) is 0 Å². The predicted molar refractivity (Wildman–Crippen MR) is 75.5 cm³/mol. The maximum atomic E-state index is 6.27. The minimum absolute atomic E-state index is 0.785. The molecule has 0 unspecified atom stereocenters. The van der Waals surface area contributed by atoms with E-state index in [1.165, 1.54) is 0 Å². The Morgan fingerprint density at radius 2 is 1.94 bits per heavy atom. The first kappa shape index (κ1) is 10.4. The molecule has 0 spiro atoms. The van der Waals surface area contributed by atoms with Crippen molar-refractivity contribution >= 4 is 39.0 Å². The minimum Gasteiger partial charge on any atom is -0.354 e. The molecule has 0 aliphatic carbocycles. The fraction of sp³-hybridized carbons (Fsp3) is 0.0667. The molecule has 0 radical (unpaired) electrons. The fourth-order valence-corrected chi connectivity index (χ4v) is 2.56. The van der Waals surface area contributed by atoms with E-state index in [2.05, 4.69) is 23.7 Å². The second-order valence-electron chi connectivity index (χ2n) is 4.30. The van der Waals surface area contributed by atoms with Gasteiger partial charge in [-0.15, -0.1) is 0 Å². The lowest BCUT2D eigenvalue weighted by molar-refractivity contribution is 1.51. The summed E-state index contributed by atoms with van der Waals surface area (Å²) in [6.45, 7) is 6.03. The van der Waals surface area contributed by atoms with Crippen molar-refractivity contribution in [1.29, 1.82) is 0 Å². The third kappa shape index (κ3) is 1.47. The third-order valence-electron chi connectivity index (χ3n) is 3.07. The van der Waals surface area contributed by atoms with Crippen molar-refractivity contribution in [2.45, 2.75) is 6.92 Å². The van der Waals surface area contributed by atoms with E-state index < -0.39 is 0 Å². The minimum atomic E-state index is 0.785. The Hall–Kier alpha value is -1.73. The van der Waals surface area contributed by atoms with Crippen LogP contribution in [0.3, 0.4) is 0 Å². The van der Waals surface area contributed by atoms with Crippen LogP contribution in [0, 0.1) is 0 Å². The zero-order valence-electron chi connectivity index (χ0n) is 9.55. The molecule has 1 N–H and O–H groups in total. The smallest absolute Gasteiger partial charge is 0.0541 e. The van der Waals surface area contributed by atoms with E-state index in [9.17, 15) is 0 Å². The van der Waals surface area contributed by atoms with Gasteiger partial charge in [0.05, 0.1) is 10.5 Å². The average Bonchev–Trinajstić information content (AvgIpc) is 2.67. The highest BCUT2D eigenvalue weighted by Gasteiger charge is 2.10. The van der Waals surface area contributed by atoms with Crippen molar-refractivity contribution in [2.75, 3.05) is 0 Å². The molecule has 0 amide bonds. The van der Waals surface area contributed by atoms with Crippen molar-refractivity contribution in [3.8, 4) is 0 Å². The molecule has 3 aromatic rings. The average molecular weight is 242 g/mol. The highest BCUT2D eigenvalue weighted by molar-refractivity contribution is 6.38. The lowest BCUT2D eigenvalue weighted by Crippen LogP contribution is -1.79. The maximum Gasteiger partial charge on any atom is 0.0541 e. The Morgan fingerprint density at radius 1 is 1.18 bits per heavy atom. The largest absolute Gasteiger partial charge is 0.354 e. The molecule has 3 rings (SSSR count). The molecule has 0 saturated carbocycles. The van der Waals surface area contributed by atoms with E-state index in [1.807, 2.05) is 31.2 Å². The van der Waals surface area contributed by atoms with Gasteiger partial charge in [0.15, 0.2) is 0 Å². The van der Waals surface area contributed by atoms with Crippen LogP contribution in [-0.2, 0) is 0 Å². The Kier molecular flexibility index (Phi) is 2.23. The number of benzene rings is 2. The molecule has 1 heterocycles. The zero-order valence-corrected chi connectivity index (χ0v) is 10.3. The number of hydrogen-bond acceptors (Lipinski definition) is 0. The normalized spacial score (nSPS) is 11.2. The third-order valence-corrected chi connectivity index (χ3v) is 3.38. The van der Waals surface area contributed by atoms with E-state index in [-0.39, 0.29) is 0 Å². The summed E-state index contributed by atoms with van der Waals surface area (Å²) in [5.74, 6) is 0. The summed E-state index contributed by atoms with van der Waals surface area (Å²) in [6.07, 6.45) is 0. The van der Waals surface area contributed by atoms with Crippen molar-refractivity contribution in [2.24, 2.45) is 0 Å². The maximum absolute atomic E-state index is 6.27. The number of halogens is 1. The summed E-state index contributed by atoms with van der Waals surface area (Å²) in [5.41, 5.74) is 4.39. The number of aromatic nitrogens is 1. The van der Waals surface area contributed by atoms with Gasteiger partial charge in [-0.25, -0.2) is 0 Å². The standard InChI is InChI=1S/C15H12ClN/c1-9(2)10-5-3-6-11-14-12(16)7-4-8-13(14)17-15(10)11/h3-8,17H,1H2,2H3. The number of hydrogen-bond donors (Lipinski definition) is 1.